The lowest BCUT2D eigenvalue weighted by atomic mass is 9.79. The number of hydrogen-bond acceptors (Lipinski definition) is 4. The maximum atomic E-state index is 12.2. The van der Waals surface area contributed by atoms with E-state index in [0.717, 1.165) is 31.8 Å². The summed E-state index contributed by atoms with van der Waals surface area (Å²) in [5, 5.41) is 0. The summed E-state index contributed by atoms with van der Waals surface area (Å²) < 4.78 is 16.7. The fraction of sp³-hybridized carbons (Fsp3) is 0.611. The third kappa shape index (κ3) is 3.51. The molecule has 5 heteroatoms. The molecule has 2 aliphatic heterocycles. The van der Waals surface area contributed by atoms with Crippen LogP contribution in [0.3, 0.4) is 0 Å². The van der Waals surface area contributed by atoms with Crippen LogP contribution in [0.15, 0.2) is 24.3 Å². The number of hydrogen-bond donors (Lipinski definition) is 0. The normalized spacial score (nSPS) is 22.2. The number of likely N-dealkylation sites (tertiary alicyclic amines) is 1. The van der Waals surface area contributed by atoms with E-state index in [1.54, 1.807) is 7.11 Å². The van der Waals surface area contributed by atoms with E-state index in [4.69, 9.17) is 14.2 Å². The second-order valence-electron chi connectivity index (χ2n) is 6.53. The van der Waals surface area contributed by atoms with Crippen LogP contribution in [0.25, 0.3) is 0 Å². The zero-order chi connectivity index (χ0) is 16.3. The molecule has 2 aliphatic rings. The van der Waals surface area contributed by atoms with Gasteiger partial charge in [0.1, 0.15) is 11.4 Å². The minimum absolute atomic E-state index is 0.0252. The Kier molecular flexibility index (Phi) is 4.87. The van der Waals surface area contributed by atoms with Crippen LogP contribution in [0.5, 0.6) is 5.75 Å². The minimum atomic E-state index is -0.141. The summed E-state index contributed by atoms with van der Waals surface area (Å²) in [6, 6.07) is 7.73. The van der Waals surface area contributed by atoms with Gasteiger partial charge in [-0.15, -0.1) is 0 Å². The van der Waals surface area contributed by atoms with Crippen molar-refractivity contribution in [3.05, 3.63) is 29.8 Å². The standard InChI is InChI=1S/C18H25NO4/c1-14-3-5-16(6-4-14)22-11-17(20)19-12-18(13-19)15(7-9-21-2)8-10-23-18/h3-6,15H,7-13H2,1-2H3/t15-/m1/s1. The molecule has 1 aromatic rings. The fourth-order valence-corrected chi connectivity index (χ4v) is 3.45. The Balaban J connectivity index is 1.46. The first-order valence-corrected chi connectivity index (χ1v) is 8.23. The van der Waals surface area contributed by atoms with Gasteiger partial charge in [0, 0.05) is 20.3 Å². The molecule has 3 rings (SSSR count). The average Bonchev–Trinajstić information content (AvgIpc) is 2.94. The number of methoxy groups -OCH3 is 1. The third-order valence-electron chi connectivity index (χ3n) is 4.92. The lowest BCUT2D eigenvalue weighted by Gasteiger charge is -2.50. The molecule has 126 valence electrons. The van der Waals surface area contributed by atoms with E-state index in [1.807, 2.05) is 36.1 Å². The van der Waals surface area contributed by atoms with E-state index < -0.39 is 0 Å². The van der Waals surface area contributed by atoms with E-state index in [0.29, 0.717) is 19.0 Å². The first kappa shape index (κ1) is 16.3. The Morgan fingerprint density at radius 3 is 2.78 bits per heavy atom. The van der Waals surface area contributed by atoms with Gasteiger partial charge in [0.05, 0.1) is 13.1 Å². The molecular formula is C18H25NO4. The van der Waals surface area contributed by atoms with E-state index in [-0.39, 0.29) is 18.1 Å². The summed E-state index contributed by atoms with van der Waals surface area (Å²) in [5.74, 6) is 1.25. The van der Waals surface area contributed by atoms with Gasteiger partial charge >= 0.3 is 0 Å². The van der Waals surface area contributed by atoms with Crippen molar-refractivity contribution in [1.29, 1.82) is 0 Å². The molecule has 0 radical (unpaired) electrons. The van der Waals surface area contributed by atoms with Gasteiger partial charge in [0.15, 0.2) is 6.61 Å². The van der Waals surface area contributed by atoms with Gasteiger partial charge in [-0.1, -0.05) is 17.7 Å². The van der Waals surface area contributed by atoms with Crippen molar-refractivity contribution >= 4 is 5.91 Å². The number of aryl methyl sites for hydroxylation is 1. The van der Waals surface area contributed by atoms with Crippen molar-refractivity contribution in [2.24, 2.45) is 5.92 Å². The molecule has 1 spiro atoms. The molecule has 2 saturated heterocycles. The Hall–Kier alpha value is -1.59. The highest BCUT2D eigenvalue weighted by atomic mass is 16.5. The van der Waals surface area contributed by atoms with Gasteiger partial charge in [0.25, 0.3) is 5.91 Å². The van der Waals surface area contributed by atoms with Crippen molar-refractivity contribution in [2.45, 2.75) is 25.4 Å². The first-order valence-electron chi connectivity index (χ1n) is 8.23. The van der Waals surface area contributed by atoms with E-state index in [9.17, 15) is 4.79 Å². The SMILES string of the molecule is COCC[C@@H]1CCOC12CN(C(=O)COc1ccc(C)cc1)C2. The molecule has 0 bridgehead atoms. The Bertz CT molecular complexity index is 536. The number of carbonyl (C=O) groups excluding carboxylic acids is 1. The number of nitrogens with zero attached hydrogens (tertiary/aromatic N) is 1. The van der Waals surface area contributed by atoms with Crippen LogP contribution >= 0.6 is 0 Å². The highest BCUT2D eigenvalue weighted by Crippen LogP contribution is 2.41. The van der Waals surface area contributed by atoms with Gasteiger partial charge in [-0.05, 0) is 37.8 Å². The molecule has 5 nitrogen and oxygen atoms in total. The van der Waals surface area contributed by atoms with Crippen molar-refractivity contribution in [3.63, 3.8) is 0 Å². The summed E-state index contributed by atoms with van der Waals surface area (Å²) in [7, 11) is 1.72. The monoisotopic (exact) mass is 319 g/mol. The molecule has 0 aliphatic carbocycles. The third-order valence-corrected chi connectivity index (χ3v) is 4.92. The molecule has 1 amide bonds. The second kappa shape index (κ2) is 6.89. The topological polar surface area (TPSA) is 48.0 Å². The highest BCUT2D eigenvalue weighted by molar-refractivity contribution is 5.79. The Labute approximate surface area is 137 Å². The lowest BCUT2D eigenvalue weighted by Crippen LogP contribution is -2.66. The zero-order valence-corrected chi connectivity index (χ0v) is 13.9. The number of ether oxygens (including phenoxy) is 3. The maximum absolute atomic E-state index is 12.2. The van der Waals surface area contributed by atoms with E-state index in [1.165, 1.54) is 5.56 Å². The minimum Gasteiger partial charge on any atom is -0.484 e. The Morgan fingerprint density at radius 2 is 2.09 bits per heavy atom. The van der Waals surface area contributed by atoms with Crippen molar-refractivity contribution < 1.29 is 19.0 Å². The van der Waals surface area contributed by atoms with E-state index in [2.05, 4.69) is 0 Å². The van der Waals surface area contributed by atoms with Crippen molar-refractivity contribution in [1.82, 2.24) is 4.90 Å². The van der Waals surface area contributed by atoms with Gasteiger partial charge < -0.3 is 19.1 Å². The molecule has 2 heterocycles. The predicted molar refractivity (Wildman–Crippen MR) is 86.5 cm³/mol. The summed E-state index contributed by atoms with van der Waals surface area (Å²) in [6.07, 6.45) is 2.06. The molecule has 0 aromatic heterocycles. The van der Waals surface area contributed by atoms with Crippen molar-refractivity contribution in [3.8, 4) is 5.75 Å². The average molecular weight is 319 g/mol. The molecule has 0 unspecified atom stereocenters. The number of amides is 1. The fourth-order valence-electron chi connectivity index (χ4n) is 3.45. The van der Waals surface area contributed by atoms with Gasteiger partial charge in [-0.3, -0.25) is 4.79 Å². The highest BCUT2D eigenvalue weighted by Gasteiger charge is 2.54. The predicted octanol–water partition coefficient (Wildman–Crippen LogP) is 2.03. The Morgan fingerprint density at radius 1 is 1.35 bits per heavy atom. The summed E-state index contributed by atoms with van der Waals surface area (Å²) in [4.78, 5) is 14.1. The molecular weight excluding hydrogens is 294 g/mol. The first-order chi connectivity index (χ1) is 11.1. The van der Waals surface area contributed by atoms with Gasteiger partial charge in [0.2, 0.25) is 0 Å². The molecule has 2 fully saturated rings. The van der Waals surface area contributed by atoms with Crippen LogP contribution in [0.2, 0.25) is 0 Å². The summed E-state index contributed by atoms with van der Waals surface area (Å²) in [6.45, 7) is 5.00. The molecule has 1 aromatic carbocycles. The summed E-state index contributed by atoms with van der Waals surface area (Å²) >= 11 is 0. The van der Waals surface area contributed by atoms with Crippen molar-refractivity contribution in [2.75, 3.05) is 40.0 Å². The number of benzene rings is 1. The van der Waals surface area contributed by atoms with Crippen LogP contribution < -0.4 is 4.74 Å². The molecule has 1 atom stereocenters. The van der Waals surface area contributed by atoms with E-state index >= 15 is 0 Å². The molecule has 0 N–H and O–H groups in total. The zero-order valence-electron chi connectivity index (χ0n) is 13.9. The smallest absolute Gasteiger partial charge is 0.260 e. The molecule has 23 heavy (non-hydrogen) atoms. The lowest BCUT2D eigenvalue weighted by molar-refractivity contribution is -0.167. The largest absolute Gasteiger partial charge is 0.484 e. The van der Waals surface area contributed by atoms with Gasteiger partial charge in [-0.25, -0.2) is 0 Å². The van der Waals surface area contributed by atoms with Crippen LogP contribution in [0.1, 0.15) is 18.4 Å². The quantitative estimate of drug-likeness (QED) is 0.805. The van der Waals surface area contributed by atoms with Crippen LogP contribution in [-0.2, 0) is 14.3 Å². The van der Waals surface area contributed by atoms with Crippen LogP contribution in [0, 0.1) is 12.8 Å². The van der Waals surface area contributed by atoms with Crippen LogP contribution in [-0.4, -0.2) is 56.4 Å². The number of carbonyl (C=O) groups is 1. The second-order valence-corrected chi connectivity index (χ2v) is 6.53. The van der Waals surface area contributed by atoms with Crippen LogP contribution in [0.4, 0.5) is 0 Å². The molecule has 0 saturated carbocycles. The maximum Gasteiger partial charge on any atom is 0.260 e. The summed E-state index contributed by atoms with van der Waals surface area (Å²) in [5.41, 5.74) is 1.03. The number of rotatable bonds is 6. The van der Waals surface area contributed by atoms with Gasteiger partial charge in [-0.2, -0.15) is 0 Å².